The fourth-order valence-corrected chi connectivity index (χ4v) is 3.30. The van der Waals surface area contributed by atoms with Crippen LogP contribution in [0.15, 0.2) is 0 Å². The van der Waals surface area contributed by atoms with Crippen LogP contribution in [0.2, 0.25) is 0 Å². The van der Waals surface area contributed by atoms with Crippen LogP contribution < -0.4 is 11.2 Å². The molecule has 25 heavy (non-hydrogen) atoms. The summed E-state index contributed by atoms with van der Waals surface area (Å²) in [6, 6.07) is 0.220. The van der Waals surface area contributed by atoms with E-state index < -0.39 is 0 Å². The largest absolute Gasteiger partial charge is 0.378 e. The fraction of sp³-hybridized carbons (Fsp3) is 0.895. The van der Waals surface area contributed by atoms with Gasteiger partial charge in [0.15, 0.2) is 0 Å². The number of nitrogens with one attached hydrogen (secondary N) is 1. The molecule has 0 heterocycles. The summed E-state index contributed by atoms with van der Waals surface area (Å²) < 4.78 is 5.82. The van der Waals surface area contributed by atoms with Gasteiger partial charge >= 0.3 is 0 Å². The van der Waals surface area contributed by atoms with E-state index in [-0.39, 0.29) is 17.9 Å². The van der Waals surface area contributed by atoms with Crippen LogP contribution in [0.5, 0.6) is 0 Å². The number of hydrogen-bond donors (Lipinski definition) is 3. The van der Waals surface area contributed by atoms with E-state index in [0.29, 0.717) is 31.3 Å². The average molecular weight is 359 g/mol. The summed E-state index contributed by atoms with van der Waals surface area (Å²) in [6.45, 7) is 6.60. The predicted octanol–water partition coefficient (Wildman–Crippen LogP) is 3.35. The minimum atomic E-state index is 0.106. The van der Waals surface area contributed by atoms with Gasteiger partial charge in [-0.2, -0.15) is 0 Å². The molecule has 0 aromatic heterocycles. The van der Waals surface area contributed by atoms with E-state index in [1.807, 2.05) is 20.8 Å². The number of Topliss-reactive ketones (excluding diaryl/α,β-unsaturated/α-hetero) is 1. The van der Waals surface area contributed by atoms with Crippen LogP contribution in [-0.4, -0.2) is 35.7 Å². The summed E-state index contributed by atoms with van der Waals surface area (Å²) in [5.74, 6) is 4.13. The van der Waals surface area contributed by atoms with Gasteiger partial charge in [0.25, 0.3) is 0 Å². The van der Waals surface area contributed by atoms with Gasteiger partial charge in [0.2, 0.25) is 5.91 Å². The molecule has 0 bridgehead atoms. The molecule has 4 N–H and O–H groups in total. The number of carbonyl (C=O) groups excluding carboxylic acids is 2. The van der Waals surface area contributed by atoms with Crippen LogP contribution in [0.3, 0.4) is 0 Å². The second kappa shape index (κ2) is 15.3. The Balaban J connectivity index is 0.00000134. The SMILES string of the molecule is CC.CCC(=O)C1CC(NC(=O)CCCOC2CCCCC2)C1.NO. The van der Waals surface area contributed by atoms with E-state index in [1.165, 1.54) is 32.1 Å². The first-order valence-corrected chi connectivity index (χ1v) is 9.88. The van der Waals surface area contributed by atoms with E-state index in [9.17, 15) is 9.59 Å². The van der Waals surface area contributed by atoms with Gasteiger partial charge in [0.05, 0.1) is 6.10 Å². The van der Waals surface area contributed by atoms with Crippen LogP contribution >= 0.6 is 0 Å². The maximum atomic E-state index is 11.8. The molecule has 2 aliphatic rings. The van der Waals surface area contributed by atoms with E-state index in [4.69, 9.17) is 9.94 Å². The number of ether oxygens (including phenoxy) is 1. The zero-order chi connectivity index (χ0) is 19.1. The number of amides is 1. The Hall–Kier alpha value is -0.980. The second-order valence-corrected chi connectivity index (χ2v) is 6.49. The van der Waals surface area contributed by atoms with Crippen molar-refractivity contribution < 1.29 is 19.5 Å². The van der Waals surface area contributed by atoms with Crippen molar-refractivity contribution in [2.24, 2.45) is 11.8 Å². The van der Waals surface area contributed by atoms with Crippen molar-refractivity contribution >= 4 is 11.7 Å². The number of nitrogens with two attached hydrogens (primary N) is 1. The van der Waals surface area contributed by atoms with Gasteiger partial charge in [-0.25, -0.2) is 5.90 Å². The van der Waals surface area contributed by atoms with Gasteiger partial charge in [0.1, 0.15) is 5.78 Å². The maximum absolute atomic E-state index is 11.8. The topological polar surface area (TPSA) is 102 Å². The lowest BCUT2D eigenvalue weighted by Crippen LogP contribution is -2.46. The Kier molecular flexibility index (Phi) is 14.7. The van der Waals surface area contributed by atoms with Crippen molar-refractivity contribution in [2.45, 2.75) is 97.1 Å². The Morgan fingerprint density at radius 3 is 2.28 bits per heavy atom. The first-order valence-electron chi connectivity index (χ1n) is 9.88. The Morgan fingerprint density at radius 1 is 1.12 bits per heavy atom. The molecule has 0 aromatic carbocycles. The molecule has 0 unspecified atom stereocenters. The van der Waals surface area contributed by atoms with E-state index >= 15 is 0 Å². The zero-order valence-electron chi connectivity index (χ0n) is 16.3. The third kappa shape index (κ3) is 9.92. The summed E-state index contributed by atoms with van der Waals surface area (Å²) in [6.07, 6.45) is 10.3. The normalized spacial score (nSPS) is 22.4. The van der Waals surface area contributed by atoms with Gasteiger partial charge in [-0.1, -0.05) is 40.0 Å². The third-order valence-corrected chi connectivity index (χ3v) is 4.76. The molecule has 6 nitrogen and oxygen atoms in total. The lowest BCUT2D eigenvalue weighted by molar-refractivity contribution is -0.129. The smallest absolute Gasteiger partial charge is 0.220 e. The van der Waals surface area contributed by atoms with Crippen molar-refractivity contribution in [3.05, 3.63) is 0 Å². The highest BCUT2D eigenvalue weighted by molar-refractivity contribution is 5.82. The Bertz CT molecular complexity index is 351. The standard InChI is InChI=1S/C17H29NO3.C2H6.H3NO/c1-2-16(19)13-11-14(12-13)18-17(20)9-6-10-21-15-7-4-3-5-8-15;2*1-2/h13-15H,2-12H2,1H3,(H,18,20);1-2H3;2H,1H2. The minimum absolute atomic E-state index is 0.106. The highest BCUT2D eigenvalue weighted by Crippen LogP contribution is 2.29. The molecule has 0 atom stereocenters. The molecule has 2 fully saturated rings. The molecule has 2 rings (SSSR count). The van der Waals surface area contributed by atoms with E-state index in [2.05, 4.69) is 11.2 Å². The summed E-state index contributed by atoms with van der Waals surface area (Å²) >= 11 is 0. The third-order valence-electron chi connectivity index (χ3n) is 4.76. The zero-order valence-corrected chi connectivity index (χ0v) is 16.3. The quantitative estimate of drug-likeness (QED) is 0.456. The lowest BCUT2D eigenvalue weighted by Gasteiger charge is -2.34. The van der Waals surface area contributed by atoms with Gasteiger partial charge in [-0.3, -0.25) is 9.59 Å². The molecule has 1 amide bonds. The van der Waals surface area contributed by atoms with Crippen LogP contribution in [0.1, 0.15) is 85.0 Å². The number of carbonyl (C=O) groups is 2. The number of rotatable bonds is 8. The van der Waals surface area contributed by atoms with Gasteiger partial charge in [0, 0.05) is 31.4 Å². The van der Waals surface area contributed by atoms with Crippen molar-refractivity contribution in [3.63, 3.8) is 0 Å². The minimum Gasteiger partial charge on any atom is -0.378 e. The molecular formula is C19H38N2O4. The van der Waals surface area contributed by atoms with Gasteiger partial charge in [-0.05, 0) is 32.1 Å². The van der Waals surface area contributed by atoms with Crippen LogP contribution in [0.25, 0.3) is 0 Å². The highest BCUT2D eigenvalue weighted by Gasteiger charge is 2.33. The summed E-state index contributed by atoms with van der Waals surface area (Å²) in [5.41, 5.74) is 0. The molecular weight excluding hydrogens is 320 g/mol. The van der Waals surface area contributed by atoms with Crippen molar-refractivity contribution in [3.8, 4) is 0 Å². The predicted molar refractivity (Wildman–Crippen MR) is 99.3 cm³/mol. The number of hydrogen-bond acceptors (Lipinski definition) is 5. The Labute approximate surface area is 152 Å². The molecule has 0 aliphatic heterocycles. The van der Waals surface area contributed by atoms with Crippen LogP contribution in [0.4, 0.5) is 0 Å². The van der Waals surface area contributed by atoms with Crippen molar-refractivity contribution in [2.75, 3.05) is 6.61 Å². The molecule has 0 spiro atoms. The van der Waals surface area contributed by atoms with Gasteiger partial charge < -0.3 is 15.3 Å². The summed E-state index contributed by atoms with van der Waals surface area (Å²) in [5, 5.41) is 9.52. The lowest BCUT2D eigenvalue weighted by atomic mass is 9.77. The Morgan fingerprint density at radius 2 is 1.72 bits per heavy atom. The molecule has 0 radical (unpaired) electrons. The fourth-order valence-electron chi connectivity index (χ4n) is 3.30. The molecule has 2 saturated carbocycles. The molecule has 6 heteroatoms. The second-order valence-electron chi connectivity index (χ2n) is 6.49. The summed E-state index contributed by atoms with van der Waals surface area (Å²) in [4.78, 5) is 23.2. The first kappa shape index (κ1) is 24.0. The molecule has 148 valence electrons. The maximum Gasteiger partial charge on any atom is 0.220 e. The monoisotopic (exact) mass is 358 g/mol. The molecule has 0 aromatic rings. The van der Waals surface area contributed by atoms with E-state index in [0.717, 1.165) is 19.3 Å². The van der Waals surface area contributed by atoms with Crippen molar-refractivity contribution in [1.82, 2.24) is 5.32 Å². The number of ketones is 1. The van der Waals surface area contributed by atoms with Gasteiger partial charge in [-0.15, -0.1) is 0 Å². The summed E-state index contributed by atoms with van der Waals surface area (Å²) in [7, 11) is 0. The van der Waals surface area contributed by atoms with Crippen LogP contribution in [0, 0.1) is 5.92 Å². The molecule has 2 aliphatic carbocycles. The van der Waals surface area contributed by atoms with E-state index in [1.54, 1.807) is 0 Å². The van der Waals surface area contributed by atoms with Crippen LogP contribution in [-0.2, 0) is 14.3 Å². The van der Waals surface area contributed by atoms with Crippen molar-refractivity contribution in [1.29, 1.82) is 0 Å². The average Bonchev–Trinajstić information content (AvgIpc) is 2.65. The molecule has 0 saturated heterocycles. The first-order chi connectivity index (χ1) is 12.2. The highest BCUT2D eigenvalue weighted by atomic mass is 16.5.